The molecule has 1 N–H and O–H groups in total. The maximum atomic E-state index is 13.4. The molecule has 0 atom stereocenters. The zero-order valence-electron chi connectivity index (χ0n) is 16.5. The fraction of sp³-hybridized carbons (Fsp3) is 0.0833. The van der Waals surface area contributed by atoms with Crippen LogP contribution in [0.25, 0.3) is 0 Å². The fourth-order valence-electron chi connectivity index (χ4n) is 3.14. The maximum Gasteiger partial charge on any atom is 0.283 e. The minimum absolute atomic E-state index is 0.250. The summed E-state index contributed by atoms with van der Waals surface area (Å²) in [6, 6.07) is 22.3. The quantitative estimate of drug-likeness (QED) is 0.504. The van der Waals surface area contributed by atoms with E-state index in [0.29, 0.717) is 15.6 Å². The van der Waals surface area contributed by atoms with Crippen LogP contribution in [0.15, 0.2) is 88.3 Å². The van der Waals surface area contributed by atoms with Crippen molar-refractivity contribution in [1.29, 1.82) is 0 Å². The van der Waals surface area contributed by atoms with Crippen molar-refractivity contribution >= 4 is 46.6 Å². The molecule has 2 amide bonds. The number of benzene rings is 3. The van der Waals surface area contributed by atoms with Crippen LogP contribution in [0.1, 0.15) is 11.1 Å². The van der Waals surface area contributed by atoms with E-state index in [1.54, 1.807) is 24.3 Å². The molecular weight excluding hydrogens is 416 g/mol. The number of hydrogen-bond acceptors (Lipinski definition) is 4. The second-order valence-electron chi connectivity index (χ2n) is 6.96. The van der Waals surface area contributed by atoms with E-state index in [1.807, 2.05) is 62.4 Å². The van der Waals surface area contributed by atoms with Crippen LogP contribution in [0.2, 0.25) is 5.02 Å². The normalized spacial score (nSPS) is 13.9. The molecule has 1 aliphatic rings. The Bertz CT molecular complexity index is 1170. The van der Waals surface area contributed by atoms with Crippen LogP contribution in [-0.4, -0.2) is 11.8 Å². The number of hydrogen-bond donors (Lipinski definition) is 1. The van der Waals surface area contributed by atoms with Gasteiger partial charge in [0, 0.05) is 10.6 Å². The van der Waals surface area contributed by atoms with Gasteiger partial charge in [0.05, 0.1) is 10.7 Å². The lowest BCUT2D eigenvalue weighted by Gasteiger charge is -2.16. The number of imide groups is 1. The first-order valence-corrected chi connectivity index (χ1v) is 10.6. The second-order valence-corrected chi connectivity index (χ2v) is 8.45. The van der Waals surface area contributed by atoms with E-state index in [9.17, 15) is 9.59 Å². The Kier molecular flexibility index (Phi) is 5.66. The second kappa shape index (κ2) is 8.38. The first-order chi connectivity index (χ1) is 14.5. The molecule has 0 radical (unpaired) electrons. The number of rotatable bonds is 5. The lowest BCUT2D eigenvalue weighted by molar-refractivity contribution is -0.120. The Balaban J connectivity index is 1.78. The van der Waals surface area contributed by atoms with Crippen molar-refractivity contribution in [2.75, 3.05) is 10.2 Å². The van der Waals surface area contributed by atoms with Crippen molar-refractivity contribution in [3.05, 3.63) is 99.5 Å². The zero-order valence-corrected chi connectivity index (χ0v) is 18.1. The third kappa shape index (κ3) is 3.86. The summed E-state index contributed by atoms with van der Waals surface area (Å²) in [6.45, 7) is 3.95. The number of carbonyl (C=O) groups is 2. The van der Waals surface area contributed by atoms with Crippen molar-refractivity contribution in [2.24, 2.45) is 0 Å². The summed E-state index contributed by atoms with van der Waals surface area (Å²) >= 11 is 7.57. The van der Waals surface area contributed by atoms with E-state index in [1.165, 1.54) is 11.8 Å². The Morgan fingerprint density at radius 2 is 1.50 bits per heavy atom. The maximum absolute atomic E-state index is 13.4. The Hall–Kier alpha value is -3.02. The van der Waals surface area contributed by atoms with Gasteiger partial charge in [-0.05, 0) is 49.7 Å². The van der Waals surface area contributed by atoms with Crippen molar-refractivity contribution in [3.63, 3.8) is 0 Å². The van der Waals surface area contributed by atoms with E-state index >= 15 is 0 Å². The van der Waals surface area contributed by atoms with E-state index < -0.39 is 11.8 Å². The number of halogens is 1. The number of nitrogens with zero attached hydrogens (tertiary/aromatic N) is 1. The van der Waals surface area contributed by atoms with E-state index in [4.69, 9.17) is 11.6 Å². The summed E-state index contributed by atoms with van der Waals surface area (Å²) in [5.74, 6) is -0.819. The molecule has 4 rings (SSSR count). The Morgan fingerprint density at radius 3 is 2.20 bits per heavy atom. The molecule has 0 bridgehead atoms. The van der Waals surface area contributed by atoms with Gasteiger partial charge in [0.25, 0.3) is 11.8 Å². The zero-order chi connectivity index (χ0) is 21.3. The van der Waals surface area contributed by atoms with Crippen LogP contribution in [0.3, 0.4) is 0 Å². The van der Waals surface area contributed by atoms with Gasteiger partial charge in [0.2, 0.25) is 0 Å². The Morgan fingerprint density at radius 1 is 0.833 bits per heavy atom. The third-order valence-electron chi connectivity index (χ3n) is 4.78. The van der Waals surface area contributed by atoms with Crippen molar-refractivity contribution in [2.45, 2.75) is 18.7 Å². The molecule has 1 aliphatic heterocycles. The highest BCUT2D eigenvalue weighted by atomic mass is 35.5. The molecule has 150 valence electrons. The van der Waals surface area contributed by atoms with Gasteiger partial charge in [-0.15, -0.1) is 0 Å². The van der Waals surface area contributed by atoms with Gasteiger partial charge in [-0.1, -0.05) is 71.4 Å². The highest BCUT2D eigenvalue weighted by molar-refractivity contribution is 8.04. The molecule has 0 aliphatic carbocycles. The predicted molar refractivity (Wildman–Crippen MR) is 123 cm³/mol. The van der Waals surface area contributed by atoms with Gasteiger partial charge in [0.1, 0.15) is 10.6 Å². The van der Waals surface area contributed by atoms with Gasteiger partial charge in [-0.25, -0.2) is 4.90 Å². The van der Waals surface area contributed by atoms with Crippen LogP contribution >= 0.6 is 23.4 Å². The summed E-state index contributed by atoms with van der Waals surface area (Å²) in [5.41, 5.74) is 3.49. The highest BCUT2D eigenvalue weighted by Crippen LogP contribution is 2.39. The summed E-state index contributed by atoms with van der Waals surface area (Å²) in [4.78, 5) is 29.1. The van der Waals surface area contributed by atoms with Crippen molar-refractivity contribution in [1.82, 2.24) is 0 Å². The largest absolute Gasteiger partial charge is 0.350 e. The average molecular weight is 435 g/mol. The summed E-state index contributed by atoms with van der Waals surface area (Å²) in [5, 5.41) is 3.54. The van der Waals surface area contributed by atoms with Crippen molar-refractivity contribution in [3.8, 4) is 0 Å². The number of anilines is 2. The van der Waals surface area contributed by atoms with E-state index in [2.05, 4.69) is 5.32 Å². The number of thioether (sulfide) groups is 1. The molecule has 6 heteroatoms. The number of amides is 2. The minimum Gasteiger partial charge on any atom is -0.350 e. The van der Waals surface area contributed by atoms with Crippen LogP contribution in [0.5, 0.6) is 0 Å². The molecule has 3 aromatic rings. The minimum atomic E-state index is -0.425. The molecule has 0 fully saturated rings. The van der Waals surface area contributed by atoms with Gasteiger partial charge in [0.15, 0.2) is 0 Å². The molecule has 0 unspecified atom stereocenters. The first kappa shape index (κ1) is 20.3. The molecule has 0 saturated heterocycles. The molecule has 0 aromatic heterocycles. The van der Waals surface area contributed by atoms with Gasteiger partial charge < -0.3 is 5.32 Å². The van der Waals surface area contributed by atoms with E-state index in [0.717, 1.165) is 26.6 Å². The topological polar surface area (TPSA) is 49.4 Å². The molecule has 4 nitrogen and oxygen atoms in total. The smallest absolute Gasteiger partial charge is 0.283 e. The number of aryl methyl sites for hydroxylation is 2. The monoisotopic (exact) mass is 434 g/mol. The molecule has 3 aromatic carbocycles. The van der Waals surface area contributed by atoms with Crippen LogP contribution in [0.4, 0.5) is 11.4 Å². The summed E-state index contributed by atoms with van der Waals surface area (Å²) < 4.78 is 0. The first-order valence-electron chi connectivity index (χ1n) is 9.40. The summed E-state index contributed by atoms with van der Waals surface area (Å²) in [6.07, 6.45) is 0. The van der Waals surface area contributed by atoms with Gasteiger partial charge >= 0.3 is 0 Å². The van der Waals surface area contributed by atoms with Crippen LogP contribution < -0.4 is 10.2 Å². The standard InChI is InChI=1S/C24H19ClN2O2S/c1-15-11-13-17(14-12-15)30-22-21(26-19-9-5-3-7-16(19)2)23(28)27(24(22)29)20-10-6-4-8-18(20)25/h3-14,26H,1-2H3. The third-order valence-corrected chi connectivity index (χ3v) is 6.19. The number of nitrogens with one attached hydrogen (secondary N) is 1. The van der Waals surface area contributed by atoms with Crippen LogP contribution in [-0.2, 0) is 9.59 Å². The Labute approximate surface area is 184 Å². The van der Waals surface area contributed by atoms with Gasteiger partial charge in [-0.3, -0.25) is 9.59 Å². The van der Waals surface area contributed by atoms with E-state index in [-0.39, 0.29) is 5.70 Å². The molecule has 1 heterocycles. The molecule has 0 spiro atoms. The SMILES string of the molecule is Cc1ccc(SC2=C(Nc3ccccc3C)C(=O)N(c3ccccc3Cl)C2=O)cc1. The predicted octanol–water partition coefficient (Wildman–Crippen LogP) is 5.95. The lowest BCUT2D eigenvalue weighted by atomic mass is 10.2. The van der Waals surface area contributed by atoms with Crippen LogP contribution in [0, 0.1) is 13.8 Å². The lowest BCUT2D eigenvalue weighted by Crippen LogP contribution is -2.32. The van der Waals surface area contributed by atoms with Crippen molar-refractivity contribution < 1.29 is 9.59 Å². The molecular formula is C24H19ClN2O2S. The fourth-order valence-corrected chi connectivity index (χ4v) is 4.29. The molecule has 30 heavy (non-hydrogen) atoms. The number of para-hydroxylation sites is 2. The van der Waals surface area contributed by atoms with Gasteiger partial charge in [-0.2, -0.15) is 0 Å². The highest BCUT2D eigenvalue weighted by Gasteiger charge is 2.41. The average Bonchev–Trinajstić information content (AvgIpc) is 2.96. The molecule has 0 saturated carbocycles. The number of carbonyl (C=O) groups excluding carboxylic acids is 2. The summed E-state index contributed by atoms with van der Waals surface area (Å²) in [7, 11) is 0.